The number of halogens is 1. The van der Waals surface area contributed by atoms with E-state index in [1.165, 1.54) is 0 Å². The highest BCUT2D eigenvalue weighted by atomic mass is 35.5. The van der Waals surface area contributed by atoms with Gasteiger partial charge in [-0.05, 0) is 39.2 Å². The summed E-state index contributed by atoms with van der Waals surface area (Å²) in [4.78, 5) is 0. The monoisotopic (exact) mass is 292 g/mol. The molecule has 0 unspecified atom stereocenters. The van der Waals surface area contributed by atoms with Gasteiger partial charge in [0, 0.05) is 18.6 Å². The molecule has 6 heteroatoms. The van der Waals surface area contributed by atoms with Crippen LogP contribution in [0.3, 0.4) is 0 Å². The second kappa shape index (κ2) is 4.23. The lowest BCUT2D eigenvalue weighted by molar-refractivity contribution is 0.00578. The van der Waals surface area contributed by atoms with Crippen LogP contribution in [0.5, 0.6) is 0 Å². The van der Waals surface area contributed by atoms with Gasteiger partial charge in [-0.2, -0.15) is 5.10 Å². The fourth-order valence-corrected chi connectivity index (χ4v) is 2.62. The number of hydrogen-bond acceptors (Lipinski definition) is 3. The van der Waals surface area contributed by atoms with Crippen molar-refractivity contribution in [2.45, 2.75) is 38.9 Å². The van der Waals surface area contributed by atoms with Gasteiger partial charge in [-0.3, -0.25) is 4.68 Å². The minimum Gasteiger partial charge on any atom is -0.399 e. The number of rotatable bonds is 1. The van der Waals surface area contributed by atoms with Gasteiger partial charge in [0.25, 0.3) is 0 Å². The molecule has 1 saturated heterocycles. The Bertz CT molecular complexity index is 665. The minimum atomic E-state index is -0.401. The van der Waals surface area contributed by atoms with E-state index in [0.29, 0.717) is 5.02 Å². The Morgan fingerprint density at radius 2 is 1.75 bits per heavy atom. The number of hydrogen-bond donors (Lipinski definition) is 0. The molecule has 1 fully saturated rings. The number of aryl methyl sites for hydroxylation is 1. The van der Waals surface area contributed by atoms with Crippen LogP contribution in [0.2, 0.25) is 5.02 Å². The second-order valence-corrected chi connectivity index (χ2v) is 6.74. The van der Waals surface area contributed by atoms with E-state index in [1.807, 2.05) is 53.1 Å². The molecule has 1 aromatic heterocycles. The Hall–Kier alpha value is -1.04. The summed E-state index contributed by atoms with van der Waals surface area (Å²) >= 11 is 6.31. The number of benzene rings is 1. The van der Waals surface area contributed by atoms with Crippen molar-refractivity contribution in [1.29, 1.82) is 0 Å². The van der Waals surface area contributed by atoms with Crippen LogP contribution < -0.4 is 5.46 Å². The highest BCUT2D eigenvalue weighted by Gasteiger charge is 2.51. The van der Waals surface area contributed by atoms with E-state index in [1.54, 1.807) is 4.68 Å². The molecule has 0 bridgehead atoms. The van der Waals surface area contributed by atoms with Gasteiger partial charge in [-0.15, -0.1) is 0 Å². The molecule has 2 heterocycles. The van der Waals surface area contributed by atoms with Crippen LogP contribution in [0.15, 0.2) is 18.3 Å². The van der Waals surface area contributed by atoms with Crippen LogP contribution in [0.1, 0.15) is 27.7 Å². The van der Waals surface area contributed by atoms with Crippen molar-refractivity contribution >= 4 is 35.1 Å². The molecule has 0 N–H and O–H groups in total. The molecule has 0 radical (unpaired) electrons. The Kier molecular flexibility index (Phi) is 2.94. The van der Waals surface area contributed by atoms with Crippen molar-refractivity contribution in [2.24, 2.45) is 7.05 Å². The molecule has 0 saturated carbocycles. The Balaban J connectivity index is 2.04. The molecule has 20 heavy (non-hydrogen) atoms. The summed E-state index contributed by atoms with van der Waals surface area (Å²) in [6, 6.07) is 3.90. The quantitative estimate of drug-likeness (QED) is 0.758. The fourth-order valence-electron chi connectivity index (χ4n) is 2.35. The molecule has 1 aliphatic rings. The van der Waals surface area contributed by atoms with Crippen LogP contribution >= 0.6 is 11.6 Å². The predicted octanol–water partition coefficient (Wildman–Crippen LogP) is 2.53. The summed E-state index contributed by atoms with van der Waals surface area (Å²) in [5, 5.41) is 5.95. The zero-order valence-electron chi connectivity index (χ0n) is 12.4. The maximum atomic E-state index is 6.31. The van der Waals surface area contributed by atoms with Crippen molar-refractivity contribution in [2.75, 3.05) is 0 Å². The first-order chi connectivity index (χ1) is 9.19. The third kappa shape index (κ3) is 2.05. The summed E-state index contributed by atoms with van der Waals surface area (Å²) in [6.45, 7) is 8.16. The molecule has 1 aromatic carbocycles. The van der Waals surface area contributed by atoms with Crippen LogP contribution in [-0.2, 0) is 16.4 Å². The van der Waals surface area contributed by atoms with Gasteiger partial charge in [0.1, 0.15) is 5.52 Å². The zero-order chi connectivity index (χ0) is 14.7. The average Bonchev–Trinajstić information content (AvgIpc) is 2.77. The minimum absolute atomic E-state index is 0.353. The Labute approximate surface area is 124 Å². The first-order valence-electron chi connectivity index (χ1n) is 6.68. The average molecular weight is 293 g/mol. The lowest BCUT2D eigenvalue weighted by Gasteiger charge is -2.32. The summed E-state index contributed by atoms with van der Waals surface area (Å²) in [5.74, 6) is 0. The Morgan fingerprint density at radius 1 is 1.15 bits per heavy atom. The molecule has 1 aliphatic heterocycles. The maximum Gasteiger partial charge on any atom is 0.494 e. The molecular formula is C14H18BClN2O2. The molecular weight excluding hydrogens is 274 g/mol. The normalized spacial score (nSPS) is 20.8. The van der Waals surface area contributed by atoms with Crippen molar-refractivity contribution in [3.63, 3.8) is 0 Å². The molecule has 0 amide bonds. The summed E-state index contributed by atoms with van der Waals surface area (Å²) in [7, 11) is 1.48. The standard InChI is InChI=1S/C14H18BClN2O2/c1-13(2)14(3,4)20-15(19-13)10-6-9-8-18(5)17-12(9)11(16)7-10/h6-8H,1-5H3. The molecule has 106 valence electrons. The van der Waals surface area contributed by atoms with Crippen LogP contribution in [0.25, 0.3) is 10.9 Å². The first kappa shape index (κ1) is 13.9. The lowest BCUT2D eigenvalue weighted by atomic mass is 9.78. The summed E-state index contributed by atoms with van der Waals surface area (Å²) in [6.07, 6.45) is 1.94. The molecule has 0 aliphatic carbocycles. The Morgan fingerprint density at radius 3 is 2.35 bits per heavy atom. The highest BCUT2D eigenvalue weighted by molar-refractivity contribution is 6.63. The summed E-state index contributed by atoms with van der Waals surface area (Å²) in [5.41, 5.74) is 1.02. The first-order valence-corrected chi connectivity index (χ1v) is 7.06. The van der Waals surface area contributed by atoms with E-state index >= 15 is 0 Å². The smallest absolute Gasteiger partial charge is 0.399 e. The molecule has 2 aromatic rings. The van der Waals surface area contributed by atoms with E-state index in [2.05, 4.69) is 5.10 Å². The van der Waals surface area contributed by atoms with Gasteiger partial charge in [0.15, 0.2) is 0 Å². The van der Waals surface area contributed by atoms with Gasteiger partial charge < -0.3 is 9.31 Å². The third-order valence-electron chi connectivity index (χ3n) is 4.22. The zero-order valence-corrected chi connectivity index (χ0v) is 13.2. The number of aromatic nitrogens is 2. The van der Waals surface area contributed by atoms with Crippen LogP contribution in [-0.4, -0.2) is 28.1 Å². The van der Waals surface area contributed by atoms with E-state index in [9.17, 15) is 0 Å². The van der Waals surface area contributed by atoms with Crippen molar-refractivity contribution in [3.05, 3.63) is 23.4 Å². The van der Waals surface area contributed by atoms with Gasteiger partial charge in [0.2, 0.25) is 0 Å². The van der Waals surface area contributed by atoms with Crippen molar-refractivity contribution in [1.82, 2.24) is 9.78 Å². The number of nitrogens with zero attached hydrogens (tertiary/aromatic N) is 2. The van der Waals surface area contributed by atoms with Gasteiger partial charge >= 0.3 is 7.12 Å². The van der Waals surface area contributed by atoms with E-state index in [-0.39, 0.29) is 11.2 Å². The van der Waals surface area contributed by atoms with Gasteiger partial charge in [0.05, 0.1) is 16.2 Å². The molecule has 0 atom stereocenters. The fraction of sp³-hybridized carbons (Fsp3) is 0.500. The molecule has 3 rings (SSSR count). The van der Waals surface area contributed by atoms with E-state index in [0.717, 1.165) is 16.4 Å². The van der Waals surface area contributed by atoms with E-state index < -0.39 is 7.12 Å². The number of fused-ring (bicyclic) bond motifs is 1. The largest absolute Gasteiger partial charge is 0.494 e. The molecule has 4 nitrogen and oxygen atoms in total. The second-order valence-electron chi connectivity index (χ2n) is 6.33. The summed E-state index contributed by atoms with van der Waals surface area (Å²) < 4.78 is 13.9. The van der Waals surface area contributed by atoms with Crippen molar-refractivity contribution < 1.29 is 9.31 Å². The topological polar surface area (TPSA) is 36.3 Å². The van der Waals surface area contributed by atoms with Crippen LogP contribution in [0.4, 0.5) is 0 Å². The lowest BCUT2D eigenvalue weighted by Crippen LogP contribution is -2.41. The van der Waals surface area contributed by atoms with Crippen LogP contribution in [0, 0.1) is 0 Å². The SMILES string of the molecule is Cn1cc2cc(B3OC(C)(C)C(C)(C)O3)cc(Cl)c2n1. The maximum absolute atomic E-state index is 6.31. The predicted molar refractivity (Wildman–Crippen MR) is 81.4 cm³/mol. The highest BCUT2D eigenvalue weighted by Crippen LogP contribution is 2.36. The molecule has 0 spiro atoms. The van der Waals surface area contributed by atoms with Gasteiger partial charge in [-0.25, -0.2) is 0 Å². The van der Waals surface area contributed by atoms with E-state index in [4.69, 9.17) is 20.9 Å². The van der Waals surface area contributed by atoms with Crippen molar-refractivity contribution in [3.8, 4) is 0 Å². The van der Waals surface area contributed by atoms with Gasteiger partial charge in [-0.1, -0.05) is 17.7 Å². The third-order valence-corrected chi connectivity index (χ3v) is 4.51.